The Hall–Kier alpha value is -1.02. The van der Waals surface area contributed by atoms with Crippen LogP contribution < -0.4 is 11.1 Å². The van der Waals surface area contributed by atoms with Crippen LogP contribution in [0.15, 0.2) is 36.2 Å². The summed E-state index contributed by atoms with van der Waals surface area (Å²) < 4.78 is 0. The van der Waals surface area contributed by atoms with Gasteiger partial charge in [-0.05, 0) is 19.9 Å². The zero-order chi connectivity index (χ0) is 8.69. The van der Waals surface area contributed by atoms with Gasteiger partial charge in [-0.3, -0.25) is 0 Å². The average Bonchev–Trinajstić information content (AvgIpc) is 2.00. The van der Waals surface area contributed by atoms with E-state index < -0.39 is 0 Å². The van der Waals surface area contributed by atoms with Gasteiger partial charge in [0.25, 0.3) is 0 Å². The van der Waals surface area contributed by atoms with Gasteiger partial charge in [-0.2, -0.15) is 0 Å². The first-order valence-electron chi connectivity index (χ1n) is 3.65. The highest BCUT2D eigenvalue weighted by atomic mass is 14.9. The molecule has 0 rings (SSSR count). The van der Waals surface area contributed by atoms with Gasteiger partial charge in [-0.15, -0.1) is 0 Å². The zero-order valence-electron chi connectivity index (χ0n) is 7.22. The monoisotopic (exact) mass is 152 g/mol. The van der Waals surface area contributed by atoms with E-state index in [4.69, 9.17) is 5.73 Å². The molecule has 0 aliphatic heterocycles. The highest BCUT2D eigenvalue weighted by Crippen LogP contribution is 1.91. The summed E-state index contributed by atoms with van der Waals surface area (Å²) in [6, 6.07) is 0. The molecule has 0 atom stereocenters. The highest BCUT2D eigenvalue weighted by molar-refractivity contribution is 5.13. The Morgan fingerprint density at radius 2 is 2.27 bits per heavy atom. The van der Waals surface area contributed by atoms with Gasteiger partial charge in [0, 0.05) is 17.9 Å². The third-order valence-corrected chi connectivity index (χ3v) is 1.16. The number of hydrogen-bond acceptors (Lipinski definition) is 2. The predicted octanol–water partition coefficient (Wildman–Crippen LogP) is 1.53. The second-order valence-corrected chi connectivity index (χ2v) is 2.31. The third-order valence-electron chi connectivity index (χ3n) is 1.16. The molecule has 0 aromatic rings. The van der Waals surface area contributed by atoms with Crippen molar-refractivity contribution in [1.29, 1.82) is 0 Å². The van der Waals surface area contributed by atoms with Crippen LogP contribution in [0, 0.1) is 0 Å². The van der Waals surface area contributed by atoms with Crippen molar-refractivity contribution < 1.29 is 0 Å². The molecule has 2 heteroatoms. The van der Waals surface area contributed by atoms with Crippen molar-refractivity contribution in [3.8, 4) is 0 Å². The molecule has 0 saturated carbocycles. The molecular weight excluding hydrogens is 136 g/mol. The topological polar surface area (TPSA) is 38.0 Å². The molecular formula is C9H16N2. The van der Waals surface area contributed by atoms with Gasteiger partial charge in [-0.1, -0.05) is 18.7 Å². The highest BCUT2D eigenvalue weighted by Gasteiger charge is 1.87. The second kappa shape index (κ2) is 5.74. The number of hydrogen-bond donors (Lipinski definition) is 2. The van der Waals surface area contributed by atoms with Crippen LogP contribution in [0.4, 0.5) is 0 Å². The van der Waals surface area contributed by atoms with E-state index in [9.17, 15) is 0 Å². The Balaban J connectivity index is 3.85. The Morgan fingerprint density at radius 3 is 2.73 bits per heavy atom. The standard InChI is InChI=1S/C9H16N2/c1-4-5-6-8(2)11-9(3)7-10/h4-6,11H,3,7,10H2,1-2H3/b5-4-,8-6+. The normalized spacial score (nSPS) is 12.1. The molecule has 2 nitrogen and oxygen atoms in total. The fourth-order valence-corrected chi connectivity index (χ4v) is 0.612. The molecule has 0 aromatic carbocycles. The Kier molecular flexibility index (Phi) is 5.21. The lowest BCUT2D eigenvalue weighted by Crippen LogP contribution is -2.17. The second-order valence-electron chi connectivity index (χ2n) is 2.31. The van der Waals surface area contributed by atoms with E-state index in [2.05, 4.69) is 11.9 Å². The molecule has 0 bridgehead atoms. The molecule has 3 N–H and O–H groups in total. The summed E-state index contributed by atoms with van der Waals surface area (Å²) in [6.07, 6.45) is 5.91. The third kappa shape index (κ3) is 5.43. The molecule has 0 spiro atoms. The van der Waals surface area contributed by atoms with E-state index in [0.29, 0.717) is 6.54 Å². The van der Waals surface area contributed by atoms with Crippen molar-refractivity contribution in [2.45, 2.75) is 13.8 Å². The summed E-state index contributed by atoms with van der Waals surface area (Å²) in [6.45, 7) is 8.14. The van der Waals surface area contributed by atoms with Gasteiger partial charge >= 0.3 is 0 Å². The van der Waals surface area contributed by atoms with Crippen molar-refractivity contribution in [3.63, 3.8) is 0 Å². The number of nitrogens with one attached hydrogen (secondary N) is 1. The molecule has 11 heavy (non-hydrogen) atoms. The molecule has 0 unspecified atom stereocenters. The lowest BCUT2D eigenvalue weighted by Gasteiger charge is -2.05. The van der Waals surface area contributed by atoms with Crippen LogP contribution in [0.25, 0.3) is 0 Å². The molecule has 0 heterocycles. The van der Waals surface area contributed by atoms with E-state index in [1.165, 1.54) is 0 Å². The number of rotatable bonds is 4. The minimum absolute atomic E-state index is 0.473. The fourth-order valence-electron chi connectivity index (χ4n) is 0.612. The van der Waals surface area contributed by atoms with Crippen molar-refractivity contribution in [1.82, 2.24) is 5.32 Å². The van der Waals surface area contributed by atoms with Gasteiger partial charge in [0.2, 0.25) is 0 Å². The molecule has 0 radical (unpaired) electrons. The fraction of sp³-hybridized carbons (Fsp3) is 0.333. The van der Waals surface area contributed by atoms with Crippen molar-refractivity contribution >= 4 is 0 Å². The first kappa shape index (κ1) is 9.98. The summed E-state index contributed by atoms with van der Waals surface area (Å²) >= 11 is 0. The maximum atomic E-state index is 5.34. The molecule has 0 fully saturated rings. The van der Waals surface area contributed by atoms with Crippen LogP contribution >= 0.6 is 0 Å². The number of nitrogens with two attached hydrogens (primary N) is 1. The smallest absolute Gasteiger partial charge is 0.0326 e. The lowest BCUT2D eigenvalue weighted by atomic mass is 10.3. The largest absolute Gasteiger partial charge is 0.362 e. The molecule has 62 valence electrons. The van der Waals surface area contributed by atoms with Crippen LogP contribution in [0.1, 0.15) is 13.8 Å². The van der Waals surface area contributed by atoms with Crippen molar-refractivity contribution in [2.24, 2.45) is 5.73 Å². The molecule has 0 aromatic heterocycles. The molecule has 0 amide bonds. The van der Waals surface area contributed by atoms with Gasteiger partial charge in [-0.25, -0.2) is 0 Å². The van der Waals surface area contributed by atoms with Crippen LogP contribution in [-0.2, 0) is 0 Å². The lowest BCUT2D eigenvalue weighted by molar-refractivity contribution is 0.921. The zero-order valence-corrected chi connectivity index (χ0v) is 7.22. The minimum atomic E-state index is 0.473. The van der Waals surface area contributed by atoms with E-state index in [-0.39, 0.29) is 0 Å². The van der Waals surface area contributed by atoms with E-state index >= 15 is 0 Å². The molecule has 0 aliphatic rings. The Morgan fingerprint density at radius 1 is 1.64 bits per heavy atom. The SMILES string of the molecule is C=C(CN)N/C(C)=C/C=C\C. The molecule has 0 aliphatic carbocycles. The van der Waals surface area contributed by atoms with Crippen LogP contribution in [-0.4, -0.2) is 6.54 Å². The van der Waals surface area contributed by atoms with Gasteiger partial charge in [0.1, 0.15) is 0 Å². The summed E-state index contributed by atoms with van der Waals surface area (Å²) in [5.41, 5.74) is 7.23. The van der Waals surface area contributed by atoms with Crippen LogP contribution in [0.2, 0.25) is 0 Å². The van der Waals surface area contributed by atoms with Crippen molar-refractivity contribution in [2.75, 3.05) is 6.54 Å². The quantitative estimate of drug-likeness (QED) is 0.599. The first-order valence-corrected chi connectivity index (χ1v) is 3.65. The Labute approximate surface area is 68.5 Å². The molecule has 0 saturated heterocycles. The Bertz CT molecular complexity index is 178. The summed E-state index contributed by atoms with van der Waals surface area (Å²) in [5.74, 6) is 0. The minimum Gasteiger partial charge on any atom is -0.362 e. The van der Waals surface area contributed by atoms with Crippen LogP contribution in [0.5, 0.6) is 0 Å². The van der Waals surface area contributed by atoms with Gasteiger partial charge in [0.15, 0.2) is 0 Å². The maximum Gasteiger partial charge on any atom is 0.0326 e. The van der Waals surface area contributed by atoms with Gasteiger partial charge < -0.3 is 11.1 Å². The van der Waals surface area contributed by atoms with Crippen LogP contribution in [0.3, 0.4) is 0 Å². The van der Waals surface area contributed by atoms with E-state index in [1.54, 1.807) is 0 Å². The first-order chi connectivity index (χ1) is 5.20. The predicted molar refractivity (Wildman–Crippen MR) is 49.9 cm³/mol. The summed E-state index contributed by atoms with van der Waals surface area (Å²) in [7, 11) is 0. The maximum absolute atomic E-state index is 5.34. The van der Waals surface area contributed by atoms with Crippen molar-refractivity contribution in [3.05, 3.63) is 36.2 Å². The average molecular weight is 152 g/mol. The van der Waals surface area contributed by atoms with Gasteiger partial charge in [0.05, 0.1) is 0 Å². The number of allylic oxidation sites excluding steroid dienone is 4. The summed E-state index contributed by atoms with van der Waals surface area (Å²) in [4.78, 5) is 0. The summed E-state index contributed by atoms with van der Waals surface area (Å²) in [5, 5.41) is 3.05. The van der Waals surface area contributed by atoms with E-state index in [0.717, 1.165) is 11.4 Å². The van der Waals surface area contributed by atoms with E-state index in [1.807, 2.05) is 32.1 Å².